The first-order chi connectivity index (χ1) is 60.5. The van der Waals surface area contributed by atoms with Crippen molar-refractivity contribution in [2.24, 2.45) is 0 Å². The van der Waals surface area contributed by atoms with Crippen LogP contribution in [-0.2, 0) is 119 Å². The molecule has 56 nitrogen and oxygen atoms in total. The number of carbonyl (C=O) groups is 6. The summed E-state index contributed by atoms with van der Waals surface area (Å²) in [4.78, 5) is 77.2. The summed E-state index contributed by atoms with van der Waals surface area (Å²) in [6.07, 6.45) is -92.4. The maximum atomic E-state index is 13.6. The van der Waals surface area contributed by atoms with Crippen molar-refractivity contribution in [2.75, 3.05) is 59.5 Å². The number of hydrogen-bond acceptors (Lipinski definition) is 50. The second-order valence-electron chi connectivity index (χ2n) is 32.4. The van der Waals surface area contributed by atoms with Crippen molar-refractivity contribution in [3.05, 3.63) is 0 Å². The third-order valence-electron chi connectivity index (χ3n) is 23.2. The van der Waals surface area contributed by atoms with Crippen molar-refractivity contribution in [2.45, 2.75) is 355 Å². The second kappa shape index (κ2) is 46.1. The van der Waals surface area contributed by atoms with Gasteiger partial charge < -0.3 is 250 Å². The molecule has 0 aromatic heterocycles. The first kappa shape index (κ1) is 105. The third-order valence-corrected chi connectivity index (χ3v) is 23.2. The summed E-state index contributed by atoms with van der Waals surface area (Å²) >= 11 is 0. The normalized spacial score (nSPS) is 47.8. The summed E-state index contributed by atoms with van der Waals surface area (Å²) in [5, 5.41) is 297. The van der Waals surface area contributed by atoms with Crippen molar-refractivity contribution < 1.29 is 246 Å². The van der Waals surface area contributed by atoms with Gasteiger partial charge in [0, 0.05) is 41.5 Å². The Morgan fingerprint density at radius 1 is 0.219 bits per heavy atom. The number of carbonyl (C=O) groups excluding carboxylic acids is 6. The van der Waals surface area contributed by atoms with E-state index in [9.17, 15) is 156 Å². The lowest BCUT2D eigenvalue weighted by Crippen LogP contribution is -2.72. The van der Waals surface area contributed by atoms with E-state index in [0.29, 0.717) is 0 Å². The van der Waals surface area contributed by atoms with Crippen molar-refractivity contribution in [3.8, 4) is 0 Å². The topological polar surface area (TPSA) is 856 Å². The molecule has 0 saturated carbocycles. The number of amides is 6. The number of nitrogens with one attached hydrogen (secondary N) is 6. The van der Waals surface area contributed by atoms with Gasteiger partial charge in [0.25, 0.3) is 0 Å². The zero-order valence-corrected chi connectivity index (χ0v) is 69.6. The summed E-state index contributed by atoms with van der Waals surface area (Å²) in [7, 11) is 0. The first-order valence-electron chi connectivity index (χ1n) is 41.0. The second-order valence-corrected chi connectivity index (χ2v) is 32.4. The van der Waals surface area contributed by atoms with E-state index in [1.165, 1.54) is 6.92 Å². The van der Waals surface area contributed by atoms with Gasteiger partial charge in [-0.3, -0.25) is 28.8 Å². The molecular formula is C72H120N6O50. The van der Waals surface area contributed by atoms with Crippen molar-refractivity contribution in [1.29, 1.82) is 0 Å². The Balaban J connectivity index is 1.02. The molecule has 0 aromatic carbocycles. The van der Waals surface area contributed by atoms with E-state index in [0.717, 1.165) is 41.5 Å². The maximum absolute atomic E-state index is 13.6. The predicted molar refractivity (Wildman–Crippen MR) is 398 cm³/mol. The highest BCUT2D eigenvalue weighted by Crippen LogP contribution is 2.42. The molecule has 6 amide bonds. The van der Waals surface area contributed by atoms with Gasteiger partial charge in [-0.2, -0.15) is 0 Å². The zero-order chi connectivity index (χ0) is 94.4. The standard InChI is InChI=1S/C72H120N6O50/c1-17-39(93)50(104)53(107)69(111-17)125-59-38(78-23(7)92)68(119-31(15-86)58(59)124-65-35(75-20(4)89)46(100)41(95)25(9-80)114-65)127-61-51(105)42(96)26(10-81)115-71(61)110-16-32-44(98)60(54(108)70(120-32)123-57-30(14-85)117-66(36(49(57)103)76-21(5)90)121-55-28(12-83)112-63(109)33(47(55)101)73-18(2)87)126-72-62(52(106)43(97)27(11-82)116-72)128-67-37(77-22(6)91)48(102)56(29(13-84)118-67)122-64-34(74-19(3)88)45(99)40(94)24(8-79)113-64/h17,24-72,79-86,93-109H,8-16H2,1-7H3,(H,73,87)(H,74,88)(H,75,89)(H,76,90)(H,77,91)(H,78,92)/t17-,24+,25+,26+,27+,28+,29+,30+,31+,32+,33+,34+,35+,36+,37+,38+,39+,40-,41-,42+,43+,44+,45+,46+,47+,48+,49+,50+,51-,52-,53-,54-,55+,56+,57+,58+,59+,60-,61-,62-,63+,64-,65-,66-,67-,68-,69-,70-,71-,72+/m0/s1. The minimum absolute atomic E-state index is 0.806. The van der Waals surface area contributed by atoms with E-state index >= 15 is 0 Å². The molecule has 0 spiro atoms. The Bertz CT molecular complexity index is 3550. The number of hydrogen-bond donors (Lipinski definition) is 31. The summed E-state index contributed by atoms with van der Waals surface area (Å²) < 4.78 is 116. The monoisotopic (exact) mass is 1870 g/mol. The van der Waals surface area contributed by atoms with Crippen LogP contribution in [0.2, 0.25) is 0 Å². The summed E-state index contributed by atoms with van der Waals surface area (Å²) in [6.45, 7) is -3.30. The van der Waals surface area contributed by atoms with Crippen molar-refractivity contribution in [1.82, 2.24) is 31.9 Å². The molecule has 0 bridgehead atoms. The minimum Gasteiger partial charge on any atom is -0.394 e. The molecule has 0 unspecified atom stereocenters. The maximum Gasteiger partial charge on any atom is 0.217 e. The molecule has 0 aromatic rings. The van der Waals surface area contributed by atoms with Crippen LogP contribution in [0.4, 0.5) is 0 Å². The van der Waals surface area contributed by atoms with Gasteiger partial charge in [0.2, 0.25) is 35.4 Å². The SMILES string of the molecule is CC(=O)N[C@@H]1[C@@H](O)[C@H](O[C@@H]2O[C@H](CO)[C@@H](O[C@@H]3O[C@H](CO[C@H]4O[C@H](CO)[C@@H](O)[C@H](O)[C@@H]4O[C@@H]4O[C@H](CO)[C@@H](O[C@@H]5O[C@H](CO)[C@H](O)[C@H](O)[C@H]5NC(C)=O)[C@H](O[C@@H]5O[C@@H](C)[C@@H](O)[C@@H](O)[C@@H]5O)[C@H]4NC(C)=O)[C@@H](O)[C@H](O[C@H]4O[C@H](CO)[C@@H](O)[C@H](O)[C@@H]4O[C@@H]4O[C@H](CO)[C@@H](O[C@@H]5O[C@H](CO)[C@H](O)[C@H](O)[C@H]5NC(C)=O)[C@H](O)[C@H]4NC(C)=O)[C@@H]3O)[C@H](O)[C@H]2NC(C)=O)[C@@H](CO)O[C@H]1O. The van der Waals surface area contributed by atoms with Gasteiger partial charge in [-0.25, -0.2) is 0 Å². The first-order valence-corrected chi connectivity index (χ1v) is 41.0. The molecule has 10 rings (SSSR count). The molecule has 128 heavy (non-hydrogen) atoms. The Labute approximate surface area is 726 Å². The molecule has 31 N–H and O–H groups in total. The molecule has 10 aliphatic rings. The number of rotatable bonds is 33. The largest absolute Gasteiger partial charge is 0.394 e. The Morgan fingerprint density at radius 2 is 0.492 bits per heavy atom. The highest BCUT2D eigenvalue weighted by Gasteiger charge is 2.63. The van der Waals surface area contributed by atoms with Gasteiger partial charge in [-0.15, -0.1) is 0 Å². The molecule has 50 atom stereocenters. The fourth-order valence-electron chi connectivity index (χ4n) is 16.7. The number of aliphatic hydroxyl groups is 25. The van der Waals surface area contributed by atoms with Gasteiger partial charge >= 0.3 is 0 Å². The lowest BCUT2D eigenvalue weighted by atomic mass is 9.93. The van der Waals surface area contributed by atoms with Gasteiger partial charge in [-0.05, 0) is 6.92 Å². The van der Waals surface area contributed by atoms with Crippen LogP contribution in [0.3, 0.4) is 0 Å². The zero-order valence-electron chi connectivity index (χ0n) is 69.6. The van der Waals surface area contributed by atoms with Crippen LogP contribution >= 0.6 is 0 Å². The lowest BCUT2D eigenvalue weighted by molar-refractivity contribution is -0.399. The number of aliphatic hydroxyl groups excluding tert-OH is 25. The predicted octanol–water partition coefficient (Wildman–Crippen LogP) is -20.9. The van der Waals surface area contributed by atoms with Gasteiger partial charge in [0.05, 0.1) is 65.6 Å². The van der Waals surface area contributed by atoms with E-state index in [1.54, 1.807) is 0 Å². The molecule has 738 valence electrons. The van der Waals surface area contributed by atoms with E-state index < -0.39 is 402 Å². The average Bonchev–Trinajstić information content (AvgIpc) is 0.762. The van der Waals surface area contributed by atoms with Crippen LogP contribution in [0, 0.1) is 0 Å². The third kappa shape index (κ3) is 23.6. The van der Waals surface area contributed by atoms with Gasteiger partial charge in [-0.1, -0.05) is 0 Å². The highest BCUT2D eigenvalue weighted by atomic mass is 16.8. The lowest BCUT2D eigenvalue weighted by Gasteiger charge is -2.52. The van der Waals surface area contributed by atoms with Crippen molar-refractivity contribution >= 4 is 35.4 Å². The summed E-state index contributed by atoms with van der Waals surface area (Å²) in [5.41, 5.74) is 0. The van der Waals surface area contributed by atoms with E-state index in [1.807, 2.05) is 0 Å². The van der Waals surface area contributed by atoms with E-state index in [4.69, 9.17) is 90.0 Å². The summed E-state index contributed by atoms with van der Waals surface area (Å²) in [5.74, 6) is -5.45. The van der Waals surface area contributed by atoms with E-state index in [-0.39, 0.29) is 0 Å². The van der Waals surface area contributed by atoms with Crippen LogP contribution in [0.5, 0.6) is 0 Å². The minimum atomic E-state index is -2.64. The molecule has 0 radical (unpaired) electrons. The van der Waals surface area contributed by atoms with Crippen LogP contribution in [0.1, 0.15) is 48.5 Å². The van der Waals surface area contributed by atoms with Crippen LogP contribution in [0.15, 0.2) is 0 Å². The molecular weight excluding hydrogens is 1750 g/mol. The molecule has 10 heterocycles. The van der Waals surface area contributed by atoms with Crippen LogP contribution in [-0.4, -0.2) is 529 Å². The molecule has 10 saturated heterocycles. The summed E-state index contributed by atoms with van der Waals surface area (Å²) in [6, 6.07) is -11.1. The van der Waals surface area contributed by atoms with Crippen LogP contribution in [0.25, 0.3) is 0 Å². The highest BCUT2D eigenvalue weighted by molar-refractivity contribution is 5.75. The van der Waals surface area contributed by atoms with Crippen LogP contribution < -0.4 is 31.9 Å². The van der Waals surface area contributed by atoms with Gasteiger partial charge in [0.15, 0.2) is 62.9 Å². The molecule has 0 aliphatic carbocycles. The molecule has 10 aliphatic heterocycles. The Morgan fingerprint density at radius 3 is 0.898 bits per heavy atom. The molecule has 10 fully saturated rings. The quantitative estimate of drug-likeness (QED) is 0.0290. The fourth-order valence-corrected chi connectivity index (χ4v) is 16.7. The van der Waals surface area contributed by atoms with E-state index in [2.05, 4.69) is 31.9 Å². The van der Waals surface area contributed by atoms with Crippen molar-refractivity contribution in [3.63, 3.8) is 0 Å². The smallest absolute Gasteiger partial charge is 0.217 e. The van der Waals surface area contributed by atoms with Gasteiger partial charge in [0.1, 0.15) is 238 Å². The fraction of sp³-hybridized carbons (Fsp3) is 0.917. The number of ether oxygens (including phenoxy) is 19. The average molecular weight is 1870 g/mol. The molecule has 56 heteroatoms. The Kier molecular flexibility index (Phi) is 37.8. The Hall–Kier alpha value is -4.94.